The largest absolute Gasteiger partial charge is 0.496 e. The Morgan fingerprint density at radius 1 is 1.53 bits per heavy atom. The fraction of sp³-hybridized carbons (Fsp3) is 0.167. The maximum atomic E-state index is 10.8. The lowest BCUT2D eigenvalue weighted by Crippen LogP contribution is -2.02. The lowest BCUT2D eigenvalue weighted by atomic mass is 10.1. The summed E-state index contributed by atoms with van der Waals surface area (Å²) in [5.74, 6) is -0.393. The first-order valence-corrected chi connectivity index (χ1v) is 5.06. The molecule has 0 spiro atoms. The maximum Gasteiger partial charge on any atom is 0.335 e. The number of imidazole rings is 1. The fourth-order valence-corrected chi connectivity index (χ4v) is 1.59. The van der Waals surface area contributed by atoms with E-state index in [0.29, 0.717) is 12.3 Å². The molecular weight excluding hydrogens is 220 g/mol. The average molecular weight is 232 g/mol. The van der Waals surface area contributed by atoms with Gasteiger partial charge >= 0.3 is 5.97 Å². The first kappa shape index (κ1) is 11.2. The van der Waals surface area contributed by atoms with Crippen LogP contribution in [0, 0.1) is 0 Å². The van der Waals surface area contributed by atoms with E-state index in [1.54, 1.807) is 24.7 Å². The minimum absolute atomic E-state index is 0.219. The van der Waals surface area contributed by atoms with E-state index in [2.05, 4.69) is 4.98 Å². The van der Waals surface area contributed by atoms with Crippen molar-refractivity contribution < 1.29 is 14.6 Å². The van der Waals surface area contributed by atoms with Crippen LogP contribution in [0.15, 0.2) is 36.9 Å². The smallest absolute Gasteiger partial charge is 0.335 e. The van der Waals surface area contributed by atoms with E-state index in [4.69, 9.17) is 9.84 Å². The van der Waals surface area contributed by atoms with E-state index < -0.39 is 5.97 Å². The van der Waals surface area contributed by atoms with Crippen molar-refractivity contribution in [3.8, 4) is 5.75 Å². The first-order chi connectivity index (χ1) is 8.20. The van der Waals surface area contributed by atoms with Crippen LogP contribution in [0.5, 0.6) is 5.75 Å². The molecule has 5 nitrogen and oxygen atoms in total. The molecule has 0 unspecified atom stereocenters. The van der Waals surface area contributed by atoms with Crippen LogP contribution in [0.2, 0.25) is 0 Å². The topological polar surface area (TPSA) is 64.3 Å². The predicted octanol–water partition coefficient (Wildman–Crippen LogP) is 1.64. The second kappa shape index (κ2) is 4.69. The number of nitrogens with zero attached hydrogens (tertiary/aromatic N) is 2. The highest BCUT2D eigenvalue weighted by molar-refractivity contribution is 5.88. The van der Waals surface area contributed by atoms with Gasteiger partial charge < -0.3 is 14.4 Å². The van der Waals surface area contributed by atoms with Crippen molar-refractivity contribution in [1.29, 1.82) is 0 Å². The van der Waals surface area contributed by atoms with E-state index in [-0.39, 0.29) is 5.56 Å². The molecule has 0 radical (unpaired) electrons. The highest BCUT2D eigenvalue weighted by atomic mass is 16.5. The number of carboxylic acids is 1. The van der Waals surface area contributed by atoms with Crippen LogP contribution in [-0.4, -0.2) is 27.7 Å². The highest BCUT2D eigenvalue weighted by Crippen LogP contribution is 2.21. The van der Waals surface area contributed by atoms with Crippen molar-refractivity contribution in [3.63, 3.8) is 0 Å². The first-order valence-electron chi connectivity index (χ1n) is 5.06. The van der Waals surface area contributed by atoms with Crippen molar-refractivity contribution in [1.82, 2.24) is 9.55 Å². The molecule has 0 aliphatic carbocycles. The molecule has 0 atom stereocenters. The van der Waals surface area contributed by atoms with Gasteiger partial charge in [0.15, 0.2) is 0 Å². The second-order valence-corrected chi connectivity index (χ2v) is 3.57. The van der Waals surface area contributed by atoms with Crippen LogP contribution in [0.4, 0.5) is 0 Å². The Morgan fingerprint density at radius 3 is 2.94 bits per heavy atom. The monoisotopic (exact) mass is 232 g/mol. The van der Waals surface area contributed by atoms with Gasteiger partial charge in [-0.1, -0.05) is 6.07 Å². The number of hydrogen-bond donors (Lipinski definition) is 1. The molecule has 88 valence electrons. The summed E-state index contributed by atoms with van der Waals surface area (Å²) in [6.45, 7) is 0.600. The molecule has 17 heavy (non-hydrogen) atoms. The Kier molecular flexibility index (Phi) is 3.09. The van der Waals surface area contributed by atoms with Gasteiger partial charge in [-0.05, 0) is 12.1 Å². The van der Waals surface area contributed by atoms with Gasteiger partial charge in [0.05, 0.1) is 25.5 Å². The van der Waals surface area contributed by atoms with Gasteiger partial charge in [-0.25, -0.2) is 9.78 Å². The molecule has 1 aromatic heterocycles. The number of carboxylic acid groups (broad SMARTS) is 1. The molecule has 0 aliphatic heterocycles. The summed E-state index contributed by atoms with van der Waals surface area (Å²) in [6.07, 6.45) is 5.23. The lowest BCUT2D eigenvalue weighted by Gasteiger charge is -2.09. The van der Waals surface area contributed by atoms with Crippen molar-refractivity contribution in [2.45, 2.75) is 6.54 Å². The quantitative estimate of drug-likeness (QED) is 0.870. The zero-order valence-corrected chi connectivity index (χ0v) is 9.33. The molecule has 0 bridgehead atoms. The number of ether oxygens (including phenoxy) is 1. The number of carbonyl (C=O) groups is 1. The molecule has 0 fully saturated rings. The number of aromatic carboxylic acids is 1. The van der Waals surface area contributed by atoms with Gasteiger partial charge in [0, 0.05) is 18.0 Å². The van der Waals surface area contributed by atoms with Gasteiger partial charge in [-0.2, -0.15) is 0 Å². The number of hydrogen-bond acceptors (Lipinski definition) is 3. The van der Waals surface area contributed by atoms with Gasteiger partial charge in [-0.15, -0.1) is 0 Å². The van der Waals surface area contributed by atoms with Crippen molar-refractivity contribution >= 4 is 5.97 Å². The minimum Gasteiger partial charge on any atom is -0.496 e. The minimum atomic E-state index is -0.961. The van der Waals surface area contributed by atoms with Crippen molar-refractivity contribution in [2.24, 2.45) is 0 Å². The Labute approximate surface area is 98.3 Å². The second-order valence-electron chi connectivity index (χ2n) is 3.57. The third-order valence-corrected chi connectivity index (χ3v) is 2.45. The van der Waals surface area contributed by atoms with Gasteiger partial charge in [0.2, 0.25) is 0 Å². The molecule has 1 aromatic carbocycles. The summed E-state index contributed by atoms with van der Waals surface area (Å²) in [5.41, 5.74) is 1.13. The summed E-state index contributed by atoms with van der Waals surface area (Å²) < 4.78 is 7.08. The number of rotatable bonds is 4. The summed E-state index contributed by atoms with van der Waals surface area (Å²) in [7, 11) is 1.53. The Hall–Kier alpha value is -2.30. The van der Waals surface area contributed by atoms with Crippen molar-refractivity contribution in [2.75, 3.05) is 7.11 Å². The van der Waals surface area contributed by atoms with Crippen LogP contribution in [0.25, 0.3) is 0 Å². The SMILES string of the molecule is COc1cc(C(=O)O)ccc1Cn1ccnc1. The Morgan fingerprint density at radius 2 is 2.35 bits per heavy atom. The predicted molar refractivity (Wildman–Crippen MR) is 61.3 cm³/mol. The van der Waals surface area contributed by atoms with Crippen LogP contribution < -0.4 is 4.74 Å². The molecular formula is C12H12N2O3. The molecule has 1 heterocycles. The molecule has 0 saturated carbocycles. The molecule has 0 saturated heterocycles. The molecule has 0 aliphatic rings. The zero-order valence-electron chi connectivity index (χ0n) is 9.33. The summed E-state index contributed by atoms with van der Waals surface area (Å²) in [4.78, 5) is 14.8. The van der Waals surface area contributed by atoms with Crippen molar-refractivity contribution in [3.05, 3.63) is 48.0 Å². The standard InChI is InChI=1S/C12H12N2O3/c1-17-11-6-9(12(15)16)2-3-10(11)7-14-5-4-13-8-14/h2-6,8H,7H2,1H3,(H,15,16). The summed E-state index contributed by atoms with van der Waals surface area (Å²) in [5, 5.41) is 8.88. The molecule has 5 heteroatoms. The molecule has 2 rings (SSSR count). The zero-order chi connectivity index (χ0) is 12.3. The van der Waals surface area contributed by atoms with Crippen LogP contribution >= 0.6 is 0 Å². The van der Waals surface area contributed by atoms with Gasteiger partial charge in [0.25, 0.3) is 0 Å². The number of methoxy groups -OCH3 is 1. The lowest BCUT2D eigenvalue weighted by molar-refractivity contribution is 0.0696. The van der Waals surface area contributed by atoms with Crippen LogP contribution in [-0.2, 0) is 6.54 Å². The summed E-state index contributed by atoms with van der Waals surface area (Å²) in [6, 6.07) is 4.84. The van der Waals surface area contributed by atoms with E-state index in [1.807, 2.05) is 10.8 Å². The molecule has 1 N–H and O–H groups in total. The maximum absolute atomic E-state index is 10.8. The fourth-order valence-electron chi connectivity index (χ4n) is 1.59. The van der Waals surface area contributed by atoms with E-state index in [1.165, 1.54) is 13.2 Å². The van der Waals surface area contributed by atoms with Gasteiger partial charge in [-0.3, -0.25) is 0 Å². The Bertz CT molecular complexity index is 521. The van der Waals surface area contributed by atoms with Crippen LogP contribution in [0.1, 0.15) is 15.9 Å². The number of benzene rings is 1. The molecule has 2 aromatic rings. The average Bonchev–Trinajstić information content (AvgIpc) is 2.82. The highest BCUT2D eigenvalue weighted by Gasteiger charge is 2.09. The normalized spacial score (nSPS) is 10.2. The third kappa shape index (κ3) is 2.44. The van der Waals surface area contributed by atoms with E-state index in [9.17, 15) is 4.79 Å². The van der Waals surface area contributed by atoms with Crippen LogP contribution in [0.3, 0.4) is 0 Å². The summed E-state index contributed by atoms with van der Waals surface area (Å²) >= 11 is 0. The van der Waals surface area contributed by atoms with E-state index >= 15 is 0 Å². The number of aromatic nitrogens is 2. The van der Waals surface area contributed by atoms with E-state index in [0.717, 1.165) is 5.56 Å². The van der Waals surface area contributed by atoms with Gasteiger partial charge in [0.1, 0.15) is 5.75 Å². The Balaban J connectivity index is 2.31. The molecule has 0 amide bonds. The third-order valence-electron chi connectivity index (χ3n) is 2.45.